The SMILES string of the molecule is CCS(=O)(=O)CCNc1ccc(Cc2ccc(C3=NCCN3N)cc2)cc1. The third-order valence-corrected chi connectivity index (χ3v) is 6.34. The van der Waals surface area contributed by atoms with Crippen LogP contribution in [0.2, 0.25) is 0 Å². The van der Waals surface area contributed by atoms with Crippen LogP contribution in [0.15, 0.2) is 53.5 Å². The first kappa shape index (κ1) is 19.4. The van der Waals surface area contributed by atoms with Gasteiger partial charge in [-0.3, -0.25) is 10.0 Å². The molecule has 0 spiro atoms. The van der Waals surface area contributed by atoms with Gasteiger partial charge in [0.1, 0.15) is 5.84 Å². The van der Waals surface area contributed by atoms with Crippen molar-refractivity contribution in [1.82, 2.24) is 5.01 Å². The molecule has 1 heterocycles. The number of nitrogens with one attached hydrogen (secondary N) is 1. The van der Waals surface area contributed by atoms with Crippen molar-refractivity contribution in [3.8, 4) is 0 Å². The molecule has 0 saturated carbocycles. The van der Waals surface area contributed by atoms with E-state index < -0.39 is 9.84 Å². The zero-order valence-corrected chi connectivity index (χ0v) is 16.4. The average molecular weight is 387 g/mol. The molecule has 0 atom stereocenters. The van der Waals surface area contributed by atoms with Crippen molar-refractivity contribution in [2.24, 2.45) is 10.8 Å². The van der Waals surface area contributed by atoms with E-state index in [-0.39, 0.29) is 11.5 Å². The topological polar surface area (TPSA) is 87.8 Å². The van der Waals surface area contributed by atoms with Crippen molar-refractivity contribution >= 4 is 21.4 Å². The predicted octanol–water partition coefficient (Wildman–Crippen LogP) is 2.06. The van der Waals surface area contributed by atoms with Crippen molar-refractivity contribution in [3.05, 3.63) is 65.2 Å². The second-order valence-electron chi connectivity index (χ2n) is 6.63. The third-order valence-electron chi connectivity index (χ3n) is 4.63. The van der Waals surface area contributed by atoms with Gasteiger partial charge in [0.15, 0.2) is 9.84 Å². The van der Waals surface area contributed by atoms with Crippen LogP contribution in [0.5, 0.6) is 0 Å². The summed E-state index contributed by atoms with van der Waals surface area (Å²) in [6.45, 7) is 3.61. The fraction of sp³-hybridized carbons (Fsp3) is 0.350. The van der Waals surface area contributed by atoms with Gasteiger partial charge in [-0.15, -0.1) is 0 Å². The van der Waals surface area contributed by atoms with Crippen molar-refractivity contribution < 1.29 is 8.42 Å². The molecule has 7 heteroatoms. The molecule has 144 valence electrons. The maximum absolute atomic E-state index is 11.5. The first-order valence-corrected chi connectivity index (χ1v) is 11.0. The number of hydrogen-bond donors (Lipinski definition) is 2. The van der Waals surface area contributed by atoms with Gasteiger partial charge < -0.3 is 5.32 Å². The minimum Gasteiger partial charge on any atom is -0.384 e. The Labute approximate surface area is 161 Å². The second kappa shape index (κ2) is 8.54. The lowest BCUT2D eigenvalue weighted by molar-refractivity contribution is 0.484. The zero-order chi connectivity index (χ0) is 19.3. The lowest BCUT2D eigenvalue weighted by Crippen LogP contribution is -2.34. The van der Waals surface area contributed by atoms with Crippen molar-refractivity contribution in [2.45, 2.75) is 13.3 Å². The number of rotatable bonds is 8. The van der Waals surface area contributed by atoms with Gasteiger partial charge >= 0.3 is 0 Å². The normalized spacial score (nSPS) is 14.3. The number of benzene rings is 2. The lowest BCUT2D eigenvalue weighted by Gasteiger charge is -2.13. The van der Waals surface area contributed by atoms with Crippen LogP contribution in [0.25, 0.3) is 0 Å². The van der Waals surface area contributed by atoms with Crippen LogP contribution >= 0.6 is 0 Å². The molecule has 0 radical (unpaired) electrons. The molecule has 0 aliphatic carbocycles. The molecule has 0 unspecified atom stereocenters. The van der Waals surface area contributed by atoms with Crippen molar-refractivity contribution in [2.75, 3.05) is 36.5 Å². The lowest BCUT2D eigenvalue weighted by atomic mass is 10.0. The standard InChI is InChI=1S/C20H26N4O2S/c1-2-27(25,26)14-12-22-19-9-5-17(6-10-19)15-16-3-7-18(8-4-16)20-23-11-13-24(20)21/h3-10,22H,2,11-15,21H2,1H3. The molecule has 0 saturated heterocycles. The Morgan fingerprint density at radius 1 is 1.07 bits per heavy atom. The van der Waals surface area contributed by atoms with Crippen LogP contribution in [0.3, 0.4) is 0 Å². The van der Waals surface area contributed by atoms with Crippen LogP contribution in [-0.4, -0.2) is 50.4 Å². The molecule has 27 heavy (non-hydrogen) atoms. The Morgan fingerprint density at radius 3 is 2.26 bits per heavy atom. The summed E-state index contributed by atoms with van der Waals surface area (Å²) in [6.07, 6.45) is 0.837. The highest BCUT2D eigenvalue weighted by Gasteiger charge is 2.14. The van der Waals surface area contributed by atoms with Crippen LogP contribution in [-0.2, 0) is 16.3 Å². The monoisotopic (exact) mass is 386 g/mol. The number of aliphatic imine (C=N–C) groups is 1. The highest BCUT2D eigenvalue weighted by atomic mass is 32.2. The first-order valence-electron chi connectivity index (χ1n) is 9.16. The molecule has 0 amide bonds. The van der Waals surface area contributed by atoms with Gasteiger partial charge in [0, 0.05) is 23.5 Å². The molecular formula is C20H26N4O2S. The Bertz CT molecular complexity index is 891. The van der Waals surface area contributed by atoms with E-state index in [1.54, 1.807) is 11.9 Å². The van der Waals surface area contributed by atoms with Crippen LogP contribution in [0, 0.1) is 0 Å². The molecule has 1 aliphatic heterocycles. The Balaban J connectivity index is 1.55. The minimum absolute atomic E-state index is 0.156. The number of nitrogens with zero attached hydrogens (tertiary/aromatic N) is 2. The fourth-order valence-electron chi connectivity index (χ4n) is 2.96. The van der Waals surface area contributed by atoms with Crippen molar-refractivity contribution in [1.29, 1.82) is 0 Å². The predicted molar refractivity (Wildman–Crippen MR) is 111 cm³/mol. The maximum atomic E-state index is 11.5. The highest BCUT2D eigenvalue weighted by molar-refractivity contribution is 7.91. The quantitative estimate of drug-likeness (QED) is 0.678. The van der Waals surface area contributed by atoms with Gasteiger partial charge in [0.05, 0.1) is 18.8 Å². The summed E-state index contributed by atoms with van der Waals surface area (Å²) < 4.78 is 23.0. The van der Waals surface area contributed by atoms with E-state index in [1.165, 1.54) is 11.1 Å². The van der Waals surface area contributed by atoms with Crippen LogP contribution < -0.4 is 11.2 Å². The summed E-state index contributed by atoms with van der Waals surface area (Å²) >= 11 is 0. The largest absolute Gasteiger partial charge is 0.384 e. The summed E-state index contributed by atoms with van der Waals surface area (Å²) in [5.41, 5.74) is 4.40. The third kappa shape index (κ3) is 5.30. The first-order chi connectivity index (χ1) is 13.0. The van der Waals surface area contributed by atoms with E-state index in [0.29, 0.717) is 6.54 Å². The van der Waals surface area contributed by atoms with Gasteiger partial charge in [-0.1, -0.05) is 43.3 Å². The van der Waals surface area contributed by atoms with Gasteiger partial charge in [-0.05, 0) is 29.7 Å². The molecular weight excluding hydrogens is 360 g/mol. The Hall–Kier alpha value is -2.38. The molecule has 0 fully saturated rings. The second-order valence-corrected chi connectivity index (χ2v) is 9.11. The number of sulfone groups is 1. The molecule has 2 aromatic carbocycles. The number of hydrogen-bond acceptors (Lipinski definition) is 6. The molecule has 0 aromatic heterocycles. The number of anilines is 1. The fourth-order valence-corrected chi connectivity index (χ4v) is 3.66. The smallest absolute Gasteiger partial charge is 0.151 e. The number of hydrazine groups is 1. The van der Waals surface area contributed by atoms with Gasteiger partial charge in [-0.2, -0.15) is 0 Å². The Morgan fingerprint density at radius 2 is 1.70 bits per heavy atom. The van der Waals surface area contributed by atoms with E-state index in [9.17, 15) is 8.42 Å². The van der Waals surface area contributed by atoms with Crippen LogP contribution in [0.1, 0.15) is 23.6 Å². The van der Waals surface area contributed by atoms with Gasteiger partial charge in [0.25, 0.3) is 0 Å². The summed E-state index contributed by atoms with van der Waals surface area (Å²) in [6, 6.07) is 16.4. The zero-order valence-electron chi connectivity index (χ0n) is 15.6. The summed E-state index contributed by atoms with van der Waals surface area (Å²) in [7, 11) is -2.93. The molecule has 3 N–H and O–H groups in total. The van der Waals surface area contributed by atoms with E-state index in [1.807, 2.05) is 12.1 Å². The maximum Gasteiger partial charge on any atom is 0.151 e. The molecule has 1 aliphatic rings. The Kier molecular flexibility index (Phi) is 6.13. The molecule has 2 aromatic rings. The van der Waals surface area contributed by atoms with E-state index >= 15 is 0 Å². The van der Waals surface area contributed by atoms with E-state index in [4.69, 9.17) is 5.84 Å². The van der Waals surface area contributed by atoms with Gasteiger partial charge in [0.2, 0.25) is 0 Å². The number of amidine groups is 1. The molecule has 6 nitrogen and oxygen atoms in total. The summed E-state index contributed by atoms with van der Waals surface area (Å²) in [5.74, 6) is 7.10. The summed E-state index contributed by atoms with van der Waals surface area (Å²) in [5, 5.41) is 4.85. The average Bonchev–Trinajstić information content (AvgIpc) is 3.10. The summed E-state index contributed by atoms with van der Waals surface area (Å²) in [4.78, 5) is 4.43. The minimum atomic E-state index is -2.93. The molecule has 3 rings (SSSR count). The van der Waals surface area contributed by atoms with E-state index in [2.05, 4.69) is 46.7 Å². The molecule has 0 bridgehead atoms. The highest BCUT2D eigenvalue weighted by Crippen LogP contribution is 2.16. The van der Waals surface area contributed by atoms with E-state index in [0.717, 1.165) is 36.6 Å². The number of nitrogens with two attached hydrogens (primary N) is 1. The van der Waals surface area contributed by atoms with Crippen molar-refractivity contribution in [3.63, 3.8) is 0 Å². The van der Waals surface area contributed by atoms with Crippen LogP contribution in [0.4, 0.5) is 5.69 Å². The van der Waals surface area contributed by atoms with Gasteiger partial charge in [-0.25, -0.2) is 14.3 Å².